The highest BCUT2D eigenvalue weighted by Crippen LogP contribution is 2.33. The monoisotopic (exact) mass is 582 g/mol. The minimum absolute atomic E-state index is 0.0242. The number of ether oxygens (including phenoxy) is 1. The Hall–Kier alpha value is -2.82. The highest BCUT2D eigenvalue weighted by Gasteiger charge is 2.47. The minimum atomic E-state index is -2.45. The minimum Gasteiger partial charge on any atom is -0.447 e. The van der Waals surface area contributed by atoms with Crippen LogP contribution in [0.2, 0.25) is 0 Å². The lowest BCUT2D eigenvalue weighted by Gasteiger charge is -2.35. The normalized spacial score (nSPS) is 23.5. The first-order valence-corrected chi connectivity index (χ1v) is 13.8. The first kappa shape index (κ1) is 34.4. The number of nitrogens with zero attached hydrogens (tertiary/aromatic N) is 3. The molecule has 2 saturated heterocycles. The first-order chi connectivity index (χ1) is 19.0. The van der Waals surface area contributed by atoms with Crippen molar-refractivity contribution in [1.29, 1.82) is 5.26 Å². The van der Waals surface area contributed by atoms with Crippen molar-refractivity contribution >= 4 is 19.1 Å². The average Bonchev–Trinajstić information content (AvgIpc) is 3.45. The molecule has 13 heteroatoms. The number of nitriles is 1. The molecule has 2 aliphatic rings. The number of amides is 2. The van der Waals surface area contributed by atoms with E-state index in [0.717, 1.165) is 12.0 Å². The Bertz CT molecular complexity index is 1060. The Morgan fingerprint density at radius 2 is 1.93 bits per heavy atom. The fraction of sp³-hybridized carbons (Fsp3) is 0.679. The van der Waals surface area contributed by atoms with E-state index >= 15 is 0 Å². The molecule has 1 aromatic rings. The summed E-state index contributed by atoms with van der Waals surface area (Å²) < 4.78 is 44.8. The molecule has 0 spiro atoms. The summed E-state index contributed by atoms with van der Waals surface area (Å²) in [7, 11) is -1.81. The third-order valence-corrected chi connectivity index (χ3v) is 7.89. The molecule has 41 heavy (non-hydrogen) atoms. The summed E-state index contributed by atoms with van der Waals surface area (Å²) >= 11 is 0. The number of halogens is 3. The summed E-state index contributed by atoms with van der Waals surface area (Å²) in [5.74, 6) is -4.92. The maximum Gasteiger partial charge on any atom is 0.475 e. The number of rotatable bonds is 9. The number of benzene rings is 1. The quantitative estimate of drug-likeness (QED) is 0.382. The lowest BCUT2D eigenvalue weighted by Crippen LogP contribution is -2.52. The zero-order valence-electron chi connectivity index (χ0n) is 24.4. The molecule has 2 heterocycles. The van der Waals surface area contributed by atoms with E-state index in [1.165, 1.54) is 11.8 Å². The third kappa shape index (κ3) is 9.90. The highest BCUT2D eigenvalue weighted by atomic mass is 19.3. The van der Waals surface area contributed by atoms with Crippen LogP contribution in [0.5, 0.6) is 0 Å². The molecule has 2 aliphatic heterocycles. The Morgan fingerprint density at radius 1 is 1.29 bits per heavy atom. The van der Waals surface area contributed by atoms with E-state index in [0.29, 0.717) is 6.54 Å². The van der Waals surface area contributed by atoms with E-state index in [1.807, 2.05) is 37.8 Å². The number of carbonyl (C=O) groups is 2. The van der Waals surface area contributed by atoms with E-state index < -0.39 is 48.6 Å². The van der Waals surface area contributed by atoms with Crippen molar-refractivity contribution in [3.8, 4) is 6.07 Å². The second-order valence-corrected chi connectivity index (χ2v) is 11.7. The Morgan fingerprint density at radius 3 is 2.44 bits per heavy atom. The van der Waals surface area contributed by atoms with Gasteiger partial charge in [-0.1, -0.05) is 37.3 Å². The van der Waals surface area contributed by atoms with Gasteiger partial charge in [0.15, 0.2) is 0 Å². The zero-order valence-corrected chi connectivity index (χ0v) is 24.4. The molecule has 1 aromatic carbocycles. The number of alkyl carbamates (subject to hydrolysis) is 1. The summed E-state index contributed by atoms with van der Waals surface area (Å²) in [6, 6.07) is 10.8. The SMILES string of the molecule is CC(C#N)C(=O)N1C[C@@H](F)C[C@]1(C)COC(=O)N[C@@H](Cc1ccccc1)B(O)O.CCC(C)(C)N1CCC(F)(F)C1. The van der Waals surface area contributed by atoms with E-state index in [4.69, 9.17) is 10.00 Å². The van der Waals surface area contributed by atoms with Gasteiger partial charge in [0.05, 0.1) is 30.6 Å². The zero-order chi connectivity index (χ0) is 31.0. The van der Waals surface area contributed by atoms with E-state index in [1.54, 1.807) is 31.2 Å². The lowest BCUT2D eigenvalue weighted by molar-refractivity contribution is -0.138. The molecule has 3 N–H and O–H groups in total. The van der Waals surface area contributed by atoms with Crippen LogP contribution in [0.1, 0.15) is 59.4 Å². The van der Waals surface area contributed by atoms with Gasteiger partial charge in [-0.25, -0.2) is 18.0 Å². The number of hydrogen-bond acceptors (Lipinski definition) is 7. The fourth-order valence-corrected chi connectivity index (χ4v) is 4.84. The topological polar surface area (TPSA) is 126 Å². The standard InChI is InChI=1S/C19H25BFN3O5.C9H17F2N/c1-13(10-22)17(25)24-11-15(21)9-19(24,2)12-29-18(26)23-16(20(27)28)8-14-6-4-3-5-7-14;1-4-8(2,3)12-6-5-9(10,11)7-12/h3-7,13,15-16,27-28H,8-9,11-12H2,1-2H3,(H,23,26);4-7H2,1-3H3/t13?,15-,16-,19+;/m0./s1. The van der Waals surface area contributed by atoms with Crippen LogP contribution in [0.4, 0.5) is 18.0 Å². The number of alkyl halides is 3. The Labute approximate surface area is 240 Å². The van der Waals surface area contributed by atoms with Crippen molar-refractivity contribution in [1.82, 2.24) is 15.1 Å². The van der Waals surface area contributed by atoms with Crippen molar-refractivity contribution in [3.05, 3.63) is 35.9 Å². The summed E-state index contributed by atoms with van der Waals surface area (Å²) in [5, 5.41) is 30.4. The fourth-order valence-electron chi connectivity index (χ4n) is 4.84. The number of hydrogen-bond donors (Lipinski definition) is 3. The van der Waals surface area contributed by atoms with Crippen LogP contribution < -0.4 is 5.32 Å². The lowest BCUT2D eigenvalue weighted by atomic mass is 9.76. The van der Waals surface area contributed by atoms with Gasteiger partial charge in [0.25, 0.3) is 5.92 Å². The van der Waals surface area contributed by atoms with Crippen molar-refractivity contribution < 1.29 is 37.5 Å². The van der Waals surface area contributed by atoms with Crippen LogP contribution in [0.25, 0.3) is 0 Å². The molecule has 0 radical (unpaired) electrons. The summed E-state index contributed by atoms with van der Waals surface area (Å²) in [5.41, 5.74) is -0.373. The van der Waals surface area contributed by atoms with Crippen molar-refractivity contribution in [2.24, 2.45) is 5.92 Å². The Kier molecular flexibility index (Phi) is 12.1. The van der Waals surface area contributed by atoms with E-state index in [9.17, 15) is 32.8 Å². The molecule has 2 amide bonds. The first-order valence-electron chi connectivity index (χ1n) is 13.8. The van der Waals surface area contributed by atoms with Gasteiger partial charge in [-0.2, -0.15) is 5.26 Å². The van der Waals surface area contributed by atoms with Crippen LogP contribution in [0.15, 0.2) is 30.3 Å². The van der Waals surface area contributed by atoms with Crippen LogP contribution in [0.3, 0.4) is 0 Å². The third-order valence-electron chi connectivity index (χ3n) is 7.89. The van der Waals surface area contributed by atoms with E-state index in [2.05, 4.69) is 5.32 Å². The van der Waals surface area contributed by atoms with Gasteiger partial charge >= 0.3 is 13.2 Å². The van der Waals surface area contributed by atoms with Gasteiger partial charge in [0, 0.05) is 24.9 Å². The molecule has 9 nitrogen and oxygen atoms in total. The van der Waals surface area contributed by atoms with E-state index in [-0.39, 0.29) is 44.5 Å². The number of nitrogens with one attached hydrogen (secondary N) is 1. The van der Waals surface area contributed by atoms with Crippen LogP contribution in [-0.2, 0) is 16.0 Å². The average molecular weight is 582 g/mol. The largest absolute Gasteiger partial charge is 0.475 e. The molecule has 4 atom stereocenters. The molecule has 228 valence electrons. The molecule has 0 aliphatic carbocycles. The predicted molar refractivity (Wildman–Crippen MR) is 149 cm³/mol. The second kappa shape index (κ2) is 14.4. The number of likely N-dealkylation sites (tertiary alicyclic amines) is 2. The van der Waals surface area contributed by atoms with Gasteiger partial charge < -0.3 is 25.0 Å². The molecule has 0 saturated carbocycles. The van der Waals surface area contributed by atoms with Crippen LogP contribution in [-0.4, -0.2) is 94.3 Å². The molecular formula is C28H42BF3N4O5. The summed E-state index contributed by atoms with van der Waals surface area (Å²) in [6.07, 6.45) is -1.11. The molecule has 0 bridgehead atoms. The molecule has 3 rings (SSSR count). The summed E-state index contributed by atoms with van der Waals surface area (Å²) in [4.78, 5) is 27.7. The van der Waals surface area contributed by atoms with Crippen LogP contribution in [0, 0.1) is 17.2 Å². The highest BCUT2D eigenvalue weighted by molar-refractivity contribution is 6.43. The summed E-state index contributed by atoms with van der Waals surface area (Å²) in [6.45, 7) is 9.12. The molecule has 0 aromatic heterocycles. The second-order valence-electron chi connectivity index (χ2n) is 11.7. The maximum absolute atomic E-state index is 14.0. The molecular weight excluding hydrogens is 540 g/mol. The van der Waals surface area contributed by atoms with Gasteiger partial charge in [0.1, 0.15) is 18.7 Å². The Balaban J connectivity index is 0.000000408. The van der Waals surface area contributed by atoms with Gasteiger partial charge in [-0.05, 0) is 46.1 Å². The van der Waals surface area contributed by atoms with Crippen molar-refractivity contribution in [3.63, 3.8) is 0 Å². The van der Waals surface area contributed by atoms with Crippen LogP contribution >= 0.6 is 0 Å². The van der Waals surface area contributed by atoms with Gasteiger partial charge in [0.2, 0.25) is 5.91 Å². The van der Waals surface area contributed by atoms with Crippen molar-refractivity contribution in [2.75, 3.05) is 26.2 Å². The van der Waals surface area contributed by atoms with Gasteiger partial charge in [-0.3, -0.25) is 9.69 Å². The van der Waals surface area contributed by atoms with Crippen molar-refractivity contribution in [2.45, 2.75) is 89.4 Å². The smallest absolute Gasteiger partial charge is 0.447 e. The maximum atomic E-state index is 14.0. The number of carbonyl (C=O) groups excluding carboxylic acids is 2. The molecule has 1 unspecified atom stereocenters. The molecule has 2 fully saturated rings. The van der Waals surface area contributed by atoms with Gasteiger partial charge in [-0.15, -0.1) is 0 Å². The predicted octanol–water partition coefficient (Wildman–Crippen LogP) is 3.34.